The van der Waals surface area contributed by atoms with E-state index in [4.69, 9.17) is 4.98 Å². The molecule has 1 aromatic heterocycles. The fourth-order valence-electron chi connectivity index (χ4n) is 5.89. The highest BCUT2D eigenvalue weighted by atomic mass is 32.1. The molecule has 6 nitrogen and oxygen atoms in total. The molecule has 1 atom stereocenters. The predicted molar refractivity (Wildman–Crippen MR) is 134 cm³/mol. The van der Waals surface area contributed by atoms with Gasteiger partial charge < -0.3 is 15.1 Å². The zero-order chi connectivity index (χ0) is 22.4. The molecule has 3 aliphatic rings. The number of hydrogen-bond acceptors (Lipinski definition) is 5. The lowest BCUT2D eigenvalue weighted by Gasteiger charge is -2.59. The van der Waals surface area contributed by atoms with Crippen molar-refractivity contribution in [1.82, 2.24) is 20.1 Å². The van der Waals surface area contributed by atoms with Crippen LogP contribution in [0.25, 0.3) is 10.2 Å². The topological polar surface area (TPSA) is 51.7 Å². The van der Waals surface area contributed by atoms with Gasteiger partial charge in [-0.05, 0) is 42.9 Å². The second kappa shape index (κ2) is 8.29. The zero-order valence-corrected chi connectivity index (χ0v) is 19.9. The molecule has 1 saturated carbocycles. The summed E-state index contributed by atoms with van der Waals surface area (Å²) in [5.74, 6) is 0. The van der Waals surface area contributed by atoms with E-state index in [0.29, 0.717) is 11.5 Å². The minimum Gasteiger partial charge on any atom is -0.344 e. The standard InChI is InChI=1S/C26H31N5OS/c1-19-15-30(25-28-22-9-5-6-10-23(22)33-25)11-12-31(19)24(32)27-21-13-26(14-21)17-29(18-26)16-20-7-3-2-4-8-20/h2-10,19,21H,11-18H2,1H3,(H,27,32)/t19-/m1/s1. The number of benzene rings is 2. The van der Waals surface area contributed by atoms with Crippen molar-refractivity contribution in [2.75, 3.05) is 37.6 Å². The molecule has 2 saturated heterocycles. The van der Waals surface area contributed by atoms with Gasteiger partial charge in [-0.2, -0.15) is 0 Å². The Morgan fingerprint density at radius 3 is 2.61 bits per heavy atom. The Morgan fingerprint density at radius 2 is 1.85 bits per heavy atom. The lowest BCUT2D eigenvalue weighted by molar-refractivity contribution is -0.0810. The molecule has 0 radical (unpaired) electrons. The van der Waals surface area contributed by atoms with Crippen molar-refractivity contribution in [3.8, 4) is 0 Å². The zero-order valence-electron chi connectivity index (χ0n) is 19.1. The SMILES string of the molecule is C[C@@H]1CN(c2nc3ccccc3s2)CCN1C(=O)NC1CC2(C1)CN(Cc1ccccc1)C2. The largest absolute Gasteiger partial charge is 0.344 e. The number of urea groups is 1. The molecular weight excluding hydrogens is 430 g/mol. The number of likely N-dealkylation sites (tertiary alicyclic amines) is 1. The summed E-state index contributed by atoms with van der Waals surface area (Å²) in [6.07, 6.45) is 2.23. The van der Waals surface area contributed by atoms with E-state index in [0.717, 1.165) is 62.8 Å². The maximum absolute atomic E-state index is 13.0. The third-order valence-electron chi connectivity index (χ3n) is 7.49. The van der Waals surface area contributed by atoms with E-state index in [1.165, 1.54) is 10.3 Å². The average molecular weight is 462 g/mol. The third-order valence-corrected chi connectivity index (χ3v) is 8.59. The van der Waals surface area contributed by atoms with Crippen molar-refractivity contribution in [1.29, 1.82) is 0 Å². The van der Waals surface area contributed by atoms with E-state index in [1.807, 2.05) is 11.0 Å². The van der Waals surface area contributed by atoms with Gasteiger partial charge in [-0.15, -0.1) is 0 Å². The van der Waals surface area contributed by atoms with Gasteiger partial charge in [0.15, 0.2) is 5.13 Å². The second-order valence-corrected chi connectivity index (χ2v) is 11.1. The van der Waals surface area contributed by atoms with Gasteiger partial charge in [0.25, 0.3) is 0 Å². The molecule has 7 heteroatoms. The molecule has 3 fully saturated rings. The molecule has 1 aliphatic carbocycles. The highest BCUT2D eigenvalue weighted by molar-refractivity contribution is 7.22. The van der Waals surface area contributed by atoms with E-state index in [-0.39, 0.29) is 12.1 Å². The number of aromatic nitrogens is 1. The summed E-state index contributed by atoms with van der Waals surface area (Å²) in [4.78, 5) is 24.7. The number of nitrogens with zero attached hydrogens (tertiary/aromatic N) is 4. The van der Waals surface area contributed by atoms with Gasteiger partial charge >= 0.3 is 6.03 Å². The third kappa shape index (κ3) is 4.08. The normalized spacial score (nSPS) is 22.9. The van der Waals surface area contributed by atoms with Crippen molar-refractivity contribution >= 4 is 32.7 Å². The van der Waals surface area contributed by atoms with E-state index in [9.17, 15) is 4.79 Å². The number of carbonyl (C=O) groups excluding carboxylic acids is 1. The Kier molecular flexibility index (Phi) is 5.26. The first-order valence-electron chi connectivity index (χ1n) is 12.0. The number of thiazole rings is 1. The van der Waals surface area contributed by atoms with Gasteiger partial charge in [-0.25, -0.2) is 9.78 Å². The number of nitrogens with one attached hydrogen (secondary N) is 1. The van der Waals surface area contributed by atoms with E-state index < -0.39 is 0 Å². The first kappa shape index (κ1) is 20.9. The van der Waals surface area contributed by atoms with E-state index in [1.54, 1.807) is 11.3 Å². The van der Waals surface area contributed by atoms with Crippen molar-refractivity contribution in [2.24, 2.45) is 5.41 Å². The number of piperazine rings is 1. The predicted octanol–water partition coefficient (Wildman–Crippen LogP) is 4.18. The fraction of sp³-hybridized carbons (Fsp3) is 0.462. The van der Waals surface area contributed by atoms with Gasteiger partial charge in [0.1, 0.15) is 0 Å². The first-order chi connectivity index (χ1) is 16.1. The summed E-state index contributed by atoms with van der Waals surface area (Å²) in [5, 5.41) is 4.38. The lowest BCUT2D eigenvalue weighted by Crippen LogP contribution is -2.67. The van der Waals surface area contributed by atoms with Gasteiger partial charge in [0, 0.05) is 51.4 Å². The molecule has 2 aromatic carbocycles. The van der Waals surface area contributed by atoms with Gasteiger partial charge in [0.05, 0.1) is 10.2 Å². The number of fused-ring (bicyclic) bond motifs is 1. The van der Waals surface area contributed by atoms with E-state index in [2.05, 4.69) is 70.6 Å². The summed E-state index contributed by atoms with van der Waals surface area (Å²) in [6, 6.07) is 19.6. The summed E-state index contributed by atoms with van der Waals surface area (Å²) >= 11 is 1.74. The van der Waals surface area contributed by atoms with Gasteiger partial charge in [0.2, 0.25) is 0 Å². The lowest BCUT2D eigenvalue weighted by atomic mass is 9.60. The average Bonchev–Trinajstić information content (AvgIpc) is 3.21. The maximum Gasteiger partial charge on any atom is 0.317 e. The van der Waals surface area contributed by atoms with Gasteiger partial charge in [-0.3, -0.25) is 4.90 Å². The quantitative estimate of drug-likeness (QED) is 0.633. The molecule has 2 amide bonds. The Bertz CT molecular complexity index is 1100. The van der Waals surface area contributed by atoms with E-state index >= 15 is 0 Å². The highest BCUT2D eigenvalue weighted by Gasteiger charge is 2.52. The number of anilines is 1. The van der Waals surface area contributed by atoms with Crippen LogP contribution in [-0.2, 0) is 6.54 Å². The van der Waals surface area contributed by atoms with Crippen LogP contribution < -0.4 is 10.2 Å². The molecule has 0 bridgehead atoms. The summed E-state index contributed by atoms with van der Waals surface area (Å²) in [7, 11) is 0. The molecule has 3 heterocycles. The number of carbonyl (C=O) groups is 1. The highest BCUT2D eigenvalue weighted by Crippen LogP contribution is 2.48. The van der Waals surface area contributed by atoms with Crippen molar-refractivity contribution < 1.29 is 4.79 Å². The van der Waals surface area contributed by atoms with Crippen LogP contribution in [-0.4, -0.2) is 65.6 Å². The molecule has 2 aliphatic heterocycles. The Balaban J connectivity index is 0.971. The molecule has 0 unspecified atom stereocenters. The summed E-state index contributed by atoms with van der Waals surface area (Å²) < 4.78 is 1.22. The van der Waals surface area contributed by atoms with Crippen LogP contribution in [0.2, 0.25) is 0 Å². The smallest absolute Gasteiger partial charge is 0.317 e. The van der Waals surface area contributed by atoms with Crippen LogP contribution >= 0.6 is 11.3 Å². The van der Waals surface area contributed by atoms with Crippen molar-refractivity contribution in [2.45, 2.75) is 38.4 Å². The van der Waals surface area contributed by atoms with Crippen LogP contribution in [0.1, 0.15) is 25.3 Å². The molecule has 6 rings (SSSR count). The summed E-state index contributed by atoms with van der Waals surface area (Å²) in [6.45, 7) is 7.91. The molecule has 1 spiro atoms. The minimum atomic E-state index is 0.103. The monoisotopic (exact) mass is 461 g/mol. The summed E-state index contributed by atoms with van der Waals surface area (Å²) in [5.41, 5.74) is 2.88. The Morgan fingerprint density at radius 1 is 1.09 bits per heavy atom. The Labute approximate surface area is 199 Å². The second-order valence-electron chi connectivity index (χ2n) is 10.1. The van der Waals surface area contributed by atoms with Gasteiger partial charge in [-0.1, -0.05) is 53.8 Å². The maximum atomic E-state index is 13.0. The molecule has 33 heavy (non-hydrogen) atoms. The van der Waals surface area contributed by atoms with Crippen LogP contribution in [0.5, 0.6) is 0 Å². The van der Waals surface area contributed by atoms with Crippen molar-refractivity contribution in [3.63, 3.8) is 0 Å². The fourth-order valence-corrected chi connectivity index (χ4v) is 6.89. The molecular formula is C26H31N5OS. The number of rotatable bonds is 4. The van der Waals surface area contributed by atoms with Crippen LogP contribution in [0.4, 0.5) is 9.93 Å². The minimum absolute atomic E-state index is 0.103. The molecule has 3 aromatic rings. The number of amides is 2. The van der Waals surface area contributed by atoms with Crippen LogP contribution in [0.3, 0.4) is 0 Å². The van der Waals surface area contributed by atoms with Crippen LogP contribution in [0.15, 0.2) is 54.6 Å². The first-order valence-corrected chi connectivity index (χ1v) is 12.8. The molecule has 1 N–H and O–H groups in total. The Hall–Kier alpha value is -2.64. The number of hydrogen-bond donors (Lipinski definition) is 1. The van der Waals surface area contributed by atoms with Crippen molar-refractivity contribution in [3.05, 3.63) is 60.2 Å². The molecule has 172 valence electrons. The van der Waals surface area contributed by atoms with Crippen LogP contribution in [0, 0.1) is 5.41 Å². The number of para-hydroxylation sites is 1.